The van der Waals surface area contributed by atoms with Crippen molar-refractivity contribution < 1.29 is 4.74 Å². The van der Waals surface area contributed by atoms with Crippen molar-refractivity contribution in [1.29, 1.82) is 0 Å². The van der Waals surface area contributed by atoms with E-state index in [-0.39, 0.29) is 0 Å². The lowest BCUT2D eigenvalue weighted by Gasteiger charge is -2.35. The molecular weight excluding hydrogens is 230 g/mol. The van der Waals surface area contributed by atoms with Gasteiger partial charge in [0, 0.05) is 20.2 Å². The highest BCUT2D eigenvalue weighted by Gasteiger charge is 2.27. The van der Waals surface area contributed by atoms with Crippen LogP contribution in [0.1, 0.15) is 13.3 Å². The third kappa shape index (κ3) is 2.38. The van der Waals surface area contributed by atoms with Crippen LogP contribution in [0.25, 0.3) is 0 Å². The summed E-state index contributed by atoms with van der Waals surface area (Å²) >= 11 is 6.55. The summed E-state index contributed by atoms with van der Waals surface area (Å²) in [5, 5.41) is 7.98. The van der Waals surface area contributed by atoms with Gasteiger partial charge >= 0.3 is 0 Å². The van der Waals surface area contributed by atoms with Crippen molar-refractivity contribution in [2.75, 3.05) is 25.1 Å². The van der Waals surface area contributed by atoms with Crippen LogP contribution in [-0.2, 0) is 4.74 Å². The Balaban J connectivity index is 2.09. The van der Waals surface area contributed by atoms with E-state index in [9.17, 15) is 0 Å². The summed E-state index contributed by atoms with van der Waals surface area (Å²) < 4.78 is 6.19. The molecule has 4 nitrogen and oxygen atoms in total. The van der Waals surface area contributed by atoms with Gasteiger partial charge in [0.2, 0.25) is 5.13 Å². The molecule has 1 fully saturated rings. The highest BCUT2D eigenvalue weighted by molar-refractivity contribution is 7.73. The van der Waals surface area contributed by atoms with Gasteiger partial charge in [-0.25, -0.2) is 0 Å². The van der Waals surface area contributed by atoms with Gasteiger partial charge in [0.25, 0.3) is 0 Å². The van der Waals surface area contributed by atoms with Gasteiger partial charge in [0.05, 0.1) is 6.10 Å². The number of nitrogens with one attached hydrogen (secondary N) is 1. The summed E-state index contributed by atoms with van der Waals surface area (Å²) in [6.45, 7) is 4.18. The summed E-state index contributed by atoms with van der Waals surface area (Å²) in [7, 11) is 1.77. The van der Waals surface area contributed by atoms with Gasteiger partial charge < -0.3 is 9.64 Å². The first-order valence-corrected chi connectivity index (χ1v) is 6.26. The Morgan fingerprint density at radius 2 is 2.47 bits per heavy atom. The second-order valence-corrected chi connectivity index (χ2v) is 5.53. The van der Waals surface area contributed by atoms with Crippen molar-refractivity contribution >= 4 is 28.7 Å². The van der Waals surface area contributed by atoms with Crippen molar-refractivity contribution in [3.8, 4) is 0 Å². The molecule has 1 aliphatic heterocycles. The molecule has 1 aromatic rings. The van der Waals surface area contributed by atoms with Crippen LogP contribution in [0.4, 0.5) is 5.13 Å². The monoisotopic (exact) mass is 245 g/mol. The molecule has 2 rings (SSSR count). The normalized spacial score (nSPS) is 26.9. The lowest BCUT2D eigenvalue weighted by molar-refractivity contribution is 0.0498. The van der Waals surface area contributed by atoms with Gasteiger partial charge in [-0.05, 0) is 24.6 Å². The molecule has 84 valence electrons. The number of rotatable bonds is 2. The van der Waals surface area contributed by atoms with Crippen molar-refractivity contribution in [3.05, 3.63) is 3.95 Å². The van der Waals surface area contributed by atoms with Crippen molar-refractivity contribution in [2.45, 2.75) is 19.4 Å². The van der Waals surface area contributed by atoms with E-state index in [0.717, 1.165) is 28.6 Å². The minimum absolute atomic E-state index is 0.302. The first-order valence-electron chi connectivity index (χ1n) is 5.04. The fourth-order valence-electron chi connectivity index (χ4n) is 1.87. The summed E-state index contributed by atoms with van der Waals surface area (Å²) in [6, 6.07) is 0. The van der Waals surface area contributed by atoms with Crippen LogP contribution < -0.4 is 4.90 Å². The number of piperidine rings is 1. The van der Waals surface area contributed by atoms with Gasteiger partial charge in [-0.3, -0.25) is 5.10 Å². The van der Waals surface area contributed by atoms with Gasteiger partial charge in [-0.1, -0.05) is 18.3 Å². The number of H-pyrrole nitrogens is 1. The SMILES string of the molecule is COC1CN(c2n[nH]c(=S)s2)CCC1C. The molecule has 0 aliphatic carbocycles. The number of aromatic nitrogens is 2. The molecule has 0 bridgehead atoms. The molecule has 1 N–H and O–H groups in total. The van der Waals surface area contributed by atoms with Gasteiger partial charge in [0.1, 0.15) is 0 Å². The van der Waals surface area contributed by atoms with Gasteiger partial charge in [-0.2, -0.15) is 0 Å². The minimum atomic E-state index is 0.302. The van der Waals surface area contributed by atoms with E-state index in [2.05, 4.69) is 22.0 Å². The molecule has 1 aliphatic rings. The minimum Gasteiger partial charge on any atom is -0.379 e. The number of hydrogen-bond donors (Lipinski definition) is 1. The van der Waals surface area contributed by atoms with E-state index in [1.807, 2.05) is 0 Å². The van der Waals surface area contributed by atoms with E-state index in [1.54, 1.807) is 7.11 Å². The number of hydrogen-bond acceptors (Lipinski definition) is 5. The maximum atomic E-state index is 5.46. The lowest BCUT2D eigenvalue weighted by atomic mass is 9.96. The highest BCUT2D eigenvalue weighted by atomic mass is 32.1. The topological polar surface area (TPSA) is 41.1 Å². The van der Waals surface area contributed by atoms with E-state index in [4.69, 9.17) is 17.0 Å². The Hall–Kier alpha value is -0.460. The maximum Gasteiger partial charge on any atom is 0.207 e. The standard InChI is InChI=1S/C9H15N3OS2/c1-6-3-4-12(5-7(6)13-2)8-10-11-9(14)15-8/h6-7H,3-5H2,1-2H3,(H,11,14). The van der Waals surface area contributed by atoms with E-state index >= 15 is 0 Å². The molecule has 0 amide bonds. The number of aromatic amines is 1. The van der Waals surface area contributed by atoms with Crippen LogP contribution >= 0.6 is 23.6 Å². The predicted octanol–water partition coefficient (Wildman–Crippen LogP) is 2.06. The largest absolute Gasteiger partial charge is 0.379 e. The van der Waals surface area contributed by atoms with E-state index in [1.165, 1.54) is 11.3 Å². The summed E-state index contributed by atoms with van der Waals surface area (Å²) in [6.07, 6.45) is 1.45. The Morgan fingerprint density at radius 1 is 1.67 bits per heavy atom. The molecule has 2 atom stereocenters. The molecular formula is C9H15N3OS2. The van der Waals surface area contributed by atoms with Crippen LogP contribution in [0.5, 0.6) is 0 Å². The summed E-state index contributed by atoms with van der Waals surface area (Å²) in [4.78, 5) is 2.24. The zero-order valence-electron chi connectivity index (χ0n) is 8.90. The predicted molar refractivity (Wildman–Crippen MR) is 64.1 cm³/mol. The molecule has 0 radical (unpaired) electrons. The summed E-state index contributed by atoms with van der Waals surface area (Å²) in [5.74, 6) is 0.623. The first-order chi connectivity index (χ1) is 7.20. The average molecular weight is 245 g/mol. The number of nitrogens with zero attached hydrogens (tertiary/aromatic N) is 2. The number of anilines is 1. The van der Waals surface area contributed by atoms with Crippen LogP contribution in [0, 0.1) is 9.87 Å². The van der Waals surface area contributed by atoms with Crippen LogP contribution in [-0.4, -0.2) is 36.5 Å². The molecule has 0 spiro atoms. The number of methoxy groups -OCH3 is 1. The van der Waals surface area contributed by atoms with Crippen molar-refractivity contribution in [1.82, 2.24) is 10.2 Å². The smallest absolute Gasteiger partial charge is 0.207 e. The number of ether oxygens (including phenoxy) is 1. The Kier molecular flexibility index (Phi) is 3.38. The third-order valence-electron chi connectivity index (χ3n) is 2.89. The Bertz CT molecular complexity index is 375. The second-order valence-electron chi connectivity index (χ2n) is 3.88. The third-order valence-corrected chi connectivity index (χ3v) is 4.04. The van der Waals surface area contributed by atoms with Gasteiger partial charge in [0.15, 0.2) is 3.95 Å². The molecule has 2 unspecified atom stereocenters. The van der Waals surface area contributed by atoms with E-state index < -0.39 is 0 Å². The molecule has 1 saturated heterocycles. The Labute approximate surface area is 98.3 Å². The quantitative estimate of drug-likeness (QED) is 0.810. The first kappa shape index (κ1) is 11.0. The molecule has 2 heterocycles. The zero-order chi connectivity index (χ0) is 10.8. The molecule has 0 saturated carbocycles. The molecule has 6 heteroatoms. The van der Waals surface area contributed by atoms with E-state index in [0.29, 0.717) is 12.0 Å². The van der Waals surface area contributed by atoms with Gasteiger partial charge in [-0.15, -0.1) is 5.10 Å². The molecule has 0 aromatic carbocycles. The van der Waals surface area contributed by atoms with Crippen LogP contribution in [0.15, 0.2) is 0 Å². The maximum absolute atomic E-state index is 5.46. The van der Waals surface area contributed by atoms with Crippen molar-refractivity contribution in [2.24, 2.45) is 5.92 Å². The summed E-state index contributed by atoms with van der Waals surface area (Å²) in [5.41, 5.74) is 0. The molecule has 15 heavy (non-hydrogen) atoms. The van der Waals surface area contributed by atoms with Crippen molar-refractivity contribution in [3.63, 3.8) is 0 Å². The zero-order valence-corrected chi connectivity index (χ0v) is 10.5. The Morgan fingerprint density at radius 3 is 3.07 bits per heavy atom. The van der Waals surface area contributed by atoms with Crippen LogP contribution in [0.2, 0.25) is 0 Å². The lowest BCUT2D eigenvalue weighted by Crippen LogP contribution is -2.43. The fraction of sp³-hybridized carbons (Fsp3) is 0.778. The molecule has 1 aromatic heterocycles. The average Bonchev–Trinajstić information content (AvgIpc) is 2.66. The van der Waals surface area contributed by atoms with Crippen LogP contribution in [0.3, 0.4) is 0 Å². The fourth-order valence-corrected chi connectivity index (χ4v) is 2.78. The highest BCUT2D eigenvalue weighted by Crippen LogP contribution is 2.25. The second kappa shape index (κ2) is 4.59.